The molecule has 0 saturated carbocycles. The minimum atomic E-state index is -0.493. The Hall–Kier alpha value is -3.88. The number of amidine groups is 2. The molecule has 36 heavy (non-hydrogen) atoms. The SMILES string of the molecule is Cc1ccccc1OCCOc1cccc(/C=C2\C(=N)N3N=C(c4ccccc4Cl)SC3=NC2=O)c1. The monoisotopic (exact) mass is 516 g/mol. The molecule has 0 fully saturated rings. The first-order valence-electron chi connectivity index (χ1n) is 11.2. The maximum Gasteiger partial charge on any atom is 0.283 e. The normalized spacial score (nSPS) is 16.1. The molecular formula is C27H21ClN4O3S. The van der Waals surface area contributed by atoms with Crippen molar-refractivity contribution in [3.63, 3.8) is 0 Å². The van der Waals surface area contributed by atoms with E-state index in [-0.39, 0.29) is 11.4 Å². The van der Waals surface area contributed by atoms with E-state index in [1.54, 1.807) is 18.2 Å². The molecule has 0 atom stereocenters. The zero-order valence-electron chi connectivity index (χ0n) is 19.3. The fourth-order valence-electron chi connectivity index (χ4n) is 3.63. The van der Waals surface area contributed by atoms with Crippen LogP contribution in [0.1, 0.15) is 16.7 Å². The van der Waals surface area contributed by atoms with Crippen molar-refractivity contribution in [2.24, 2.45) is 10.1 Å². The minimum absolute atomic E-state index is 0.0440. The van der Waals surface area contributed by atoms with Gasteiger partial charge in [0.2, 0.25) is 5.17 Å². The summed E-state index contributed by atoms with van der Waals surface area (Å²) in [5.41, 5.74) is 2.64. The number of amides is 1. The number of ether oxygens (including phenoxy) is 2. The molecule has 0 bridgehead atoms. The maximum atomic E-state index is 12.8. The average molecular weight is 517 g/mol. The fourth-order valence-corrected chi connectivity index (χ4v) is 4.84. The van der Waals surface area contributed by atoms with Crippen molar-refractivity contribution >= 4 is 51.4 Å². The van der Waals surface area contributed by atoms with Crippen molar-refractivity contribution in [3.8, 4) is 11.5 Å². The second kappa shape index (κ2) is 10.4. The molecule has 0 spiro atoms. The predicted molar refractivity (Wildman–Crippen MR) is 144 cm³/mol. The van der Waals surface area contributed by atoms with Gasteiger partial charge in [-0.05, 0) is 60.2 Å². The number of hydrazone groups is 1. The number of fused-ring (bicyclic) bond motifs is 1. The Labute approximate surface area is 217 Å². The van der Waals surface area contributed by atoms with Gasteiger partial charge in [0.05, 0.1) is 10.6 Å². The molecule has 0 saturated heterocycles. The molecule has 3 aromatic carbocycles. The van der Waals surface area contributed by atoms with Crippen molar-refractivity contribution in [1.82, 2.24) is 5.01 Å². The van der Waals surface area contributed by atoms with Crippen molar-refractivity contribution in [1.29, 1.82) is 5.41 Å². The number of carbonyl (C=O) groups is 1. The van der Waals surface area contributed by atoms with Crippen LogP contribution in [0.3, 0.4) is 0 Å². The largest absolute Gasteiger partial charge is 0.490 e. The first-order chi connectivity index (χ1) is 17.5. The highest BCUT2D eigenvalue weighted by Crippen LogP contribution is 2.33. The Balaban J connectivity index is 1.28. The Morgan fingerprint density at radius 1 is 1.03 bits per heavy atom. The first kappa shape index (κ1) is 23.8. The Kier molecular flexibility index (Phi) is 6.88. The number of nitrogens with zero attached hydrogens (tertiary/aromatic N) is 3. The van der Waals surface area contributed by atoms with E-state index in [0.29, 0.717) is 39.8 Å². The van der Waals surface area contributed by atoms with E-state index in [2.05, 4.69) is 10.1 Å². The summed E-state index contributed by atoms with van der Waals surface area (Å²) < 4.78 is 11.6. The van der Waals surface area contributed by atoms with E-state index in [0.717, 1.165) is 16.9 Å². The highest BCUT2D eigenvalue weighted by atomic mass is 35.5. The van der Waals surface area contributed by atoms with E-state index in [4.69, 9.17) is 26.5 Å². The van der Waals surface area contributed by atoms with Crippen LogP contribution in [0.2, 0.25) is 5.02 Å². The Morgan fingerprint density at radius 3 is 2.64 bits per heavy atom. The first-order valence-corrected chi connectivity index (χ1v) is 12.4. The van der Waals surface area contributed by atoms with Crippen LogP contribution in [0.5, 0.6) is 11.5 Å². The number of hydrogen-bond acceptors (Lipinski definition) is 6. The molecule has 7 nitrogen and oxygen atoms in total. The predicted octanol–water partition coefficient (Wildman–Crippen LogP) is 5.77. The van der Waals surface area contributed by atoms with Crippen molar-refractivity contribution < 1.29 is 14.3 Å². The van der Waals surface area contributed by atoms with Gasteiger partial charge in [-0.15, -0.1) is 0 Å². The molecule has 1 amide bonds. The molecule has 180 valence electrons. The van der Waals surface area contributed by atoms with E-state index in [1.807, 2.05) is 67.6 Å². The van der Waals surface area contributed by atoms with Crippen LogP contribution in [-0.2, 0) is 4.79 Å². The third-order valence-electron chi connectivity index (χ3n) is 5.43. The molecule has 9 heteroatoms. The van der Waals surface area contributed by atoms with Crippen LogP contribution in [0.25, 0.3) is 6.08 Å². The van der Waals surface area contributed by atoms with Crippen LogP contribution < -0.4 is 9.47 Å². The number of thioether (sulfide) groups is 1. The molecule has 2 heterocycles. The van der Waals surface area contributed by atoms with Gasteiger partial charge in [0.15, 0.2) is 5.84 Å². The molecule has 0 radical (unpaired) electrons. The highest BCUT2D eigenvalue weighted by Gasteiger charge is 2.36. The lowest BCUT2D eigenvalue weighted by molar-refractivity contribution is -0.114. The molecule has 5 rings (SSSR count). The quantitative estimate of drug-likeness (QED) is 0.318. The summed E-state index contributed by atoms with van der Waals surface area (Å²) in [5.74, 6) is 0.923. The number of carbonyl (C=O) groups excluding carboxylic acids is 1. The van der Waals surface area contributed by atoms with Gasteiger partial charge in [-0.2, -0.15) is 15.1 Å². The van der Waals surface area contributed by atoms with Gasteiger partial charge in [0, 0.05) is 5.56 Å². The number of aliphatic imine (C=N–C) groups is 1. The summed E-state index contributed by atoms with van der Waals surface area (Å²) in [4.78, 5) is 16.9. The molecule has 0 aliphatic carbocycles. The summed E-state index contributed by atoms with van der Waals surface area (Å²) >= 11 is 7.51. The molecule has 2 aliphatic rings. The Morgan fingerprint density at radius 2 is 1.81 bits per heavy atom. The molecule has 3 aromatic rings. The van der Waals surface area contributed by atoms with E-state index in [9.17, 15) is 4.79 Å². The van der Waals surface area contributed by atoms with Gasteiger partial charge in [-0.3, -0.25) is 10.2 Å². The van der Waals surface area contributed by atoms with Crippen LogP contribution in [0.4, 0.5) is 0 Å². The van der Waals surface area contributed by atoms with E-state index in [1.165, 1.54) is 16.8 Å². The third-order valence-corrected chi connectivity index (χ3v) is 6.70. The number of rotatable bonds is 7. The van der Waals surface area contributed by atoms with Crippen molar-refractivity contribution in [2.45, 2.75) is 6.92 Å². The summed E-state index contributed by atoms with van der Waals surface area (Å²) in [6.07, 6.45) is 1.62. The molecule has 2 aliphatic heterocycles. The number of halogens is 1. The molecule has 1 N–H and O–H groups in total. The van der Waals surface area contributed by atoms with Gasteiger partial charge in [0.1, 0.15) is 29.8 Å². The summed E-state index contributed by atoms with van der Waals surface area (Å²) in [6, 6.07) is 22.4. The standard InChI is InChI=1S/C27H21ClN4O3S/c1-17-7-2-5-12-23(17)35-14-13-34-19-9-6-8-18(15-19)16-21-24(29)32-27(30-25(21)33)36-26(31-32)20-10-3-4-11-22(20)28/h2-12,15-16,29H,13-14H2,1H3/b21-16+,29-24?. The average Bonchev–Trinajstić information content (AvgIpc) is 3.30. The lowest BCUT2D eigenvalue weighted by Gasteiger charge is -2.20. The highest BCUT2D eigenvalue weighted by molar-refractivity contribution is 8.27. The fraction of sp³-hybridized carbons (Fsp3) is 0.111. The molecular weight excluding hydrogens is 496 g/mol. The van der Waals surface area contributed by atoms with Gasteiger partial charge in [0.25, 0.3) is 5.91 Å². The minimum Gasteiger partial charge on any atom is -0.490 e. The van der Waals surface area contributed by atoms with E-state index >= 15 is 0 Å². The van der Waals surface area contributed by atoms with Gasteiger partial charge < -0.3 is 9.47 Å². The second-order valence-corrected chi connectivity index (χ2v) is 9.30. The lowest BCUT2D eigenvalue weighted by atomic mass is 10.1. The zero-order valence-corrected chi connectivity index (χ0v) is 20.8. The number of nitrogens with one attached hydrogen (secondary N) is 1. The van der Waals surface area contributed by atoms with Crippen LogP contribution in [0, 0.1) is 12.3 Å². The van der Waals surface area contributed by atoms with E-state index < -0.39 is 5.91 Å². The molecule has 0 unspecified atom stereocenters. The van der Waals surface area contributed by atoms with Crippen LogP contribution in [-0.4, -0.2) is 40.2 Å². The third kappa shape index (κ3) is 5.05. The zero-order chi connectivity index (χ0) is 25.1. The van der Waals surface area contributed by atoms with Crippen molar-refractivity contribution in [2.75, 3.05) is 13.2 Å². The molecule has 0 aromatic heterocycles. The number of hydrogen-bond donors (Lipinski definition) is 1. The number of para-hydroxylation sites is 1. The number of aryl methyl sites for hydroxylation is 1. The summed E-state index contributed by atoms with van der Waals surface area (Å²) in [5, 5.41) is 15.9. The summed E-state index contributed by atoms with van der Waals surface area (Å²) in [6.45, 7) is 2.75. The maximum absolute atomic E-state index is 12.8. The smallest absolute Gasteiger partial charge is 0.283 e. The van der Waals surface area contributed by atoms with Crippen LogP contribution >= 0.6 is 23.4 Å². The van der Waals surface area contributed by atoms with Crippen molar-refractivity contribution in [3.05, 3.63) is 100 Å². The van der Waals surface area contributed by atoms with Crippen LogP contribution in [0.15, 0.2) is 88.5 Å². The number of benzene rings is 3. The van der Waals surface area contributed by atoms with Gasteiger partial charge in [-0.1, -0.05) is 60.1 Å². The second-order valence-electron chi connectivity index (χ2n) is 7.94. The summed E-state index contributed by atoms with van der Waals surface area (Å²) in [7, 11) is 0. The van der Waals surface area contributed by atoms with Gasteiger partial charge >= 0.3 is 0 Å². The Bertz CT molecular complexity index is 1450. The van der Waals surface area contributed by atoms with Gasteiger partial charge in [-0.25, -0.2) is 0 Å². The lowest BCUT2D eigenvalue weighted by Crippen LogP contribution is -2.35. The topological polar surface area (TPSA) is 87.3 Å².